The summed E-state index contributed by atoms with van der Waals surface area (Å²) in [6.45, 7) is 3.38. The minimum absolute atomic E-state index is 0.0254. The van der Waals surface area contributed by atoms with Gasteiger partial charge in [0.2, 0.25) is 15.9 Å². The third-order valence-electron chi connectivity index (χ3n) is 2.39. The van der Waals surface area contributed by atoms with Crippen LogP contribution >= 0.6 is 15.9 Å². The van der Waals surface area contributed by atoms with Crippen LogP contribution in [0.1, 0.15) is 18.9 Å². The highest BCUT2D eigenvalue weighted by Gasteiger charge is 2.11. The number of rotatable bonds is 6. The molecule has 1 rings (SSSR count). The first-order valence-electron chi connectivity index (χ1n) is 5.87. The Bertz CT molecular complexity index is 558. The van der Waals surface area contributed by atoms with E-state index in [1.165, 1.54) is 0 Å². The predicted octanol–water partition coefficient (Wildman–Crippen LogP) is 2.03. The normalized spacial score (nSPS) is 11.3. The first-order chi connectivity index (χ1) is 8.84. The minimum atomic E-state index is -3.35. The maximum atomic E-state index is 11.7. The van der Waals surface area contributed by atoms with E-state index < -0.39 is 10.0 Å². The molecule has 0 heterocycles. The van der Waals surface area contributed by atoms with Gasteiger partial charge in [0.15, 0.2) is 0 Å². The molecule has 7 heteroatoms. The Hall–Kier alpha value is -0.920. The summed E-state index contributed by atoms with van der Waals surface area (Å²) < 4.78 is 26.0. The van der Waals surface area contributed by atoms with Gasteiger partial charge < -0.3 is 5.32 Å². The van der Waals surface area contributed by atoms with Crippen LogP contribution in [0.2, 0.25) is 0 Å². The van der Waals surface area contributed by atoms with Gasteiger partial charge in [-0.1, -0.05) is 22.9 Å². The zero-order chi connectivity index (χ0) is 14.5. The van der Waals surface area contributed by atoms with Crippen molar-refractivity contribution in [1.29, 1.82) is 0 Å². The molecule has 0 fully saturated rings. The van der Waals surface area contributed by atoms with E-state index >= 15 is 0 Å². The van der Waals surface area contributed by atoms with Crippen molar-refractivity contribution in [1.82, 2.24) is 4.72 Å². The predicted molar refractivity (Wildman–Crippen MR) is 79.6 cm³/mol. The highest BCUT2D eigenvalue weighted by atomic mass is 79.9. The van der Waals surface area contributed by atoms with Gasteiger partial charge in [-0.25, -0.2) is 13.1 Å². The lowest BCUT2D eigenvalue weighted by Crippen LogP contribution is -2.34. The van der Waals surface area contributed by atoms with Gasteiger partial charge in [0.25, 0.3) is 0 Å². The largest absolute Gasteiger partial charge is 0.325 e. The highest BCUT2D eigenvalue weighted by Crippen LogP contribution is 2.19. The summed E-state index contributed by atoms with van der Waals surface area (Å²) in [5.41, 5.74) is 1.57. The van der Waals surface area contributed by atoms with Crippen molar-refractivity contribution in [3.63, 3.8) is 0 Å². The van der Waals surface area contributed by atoms with Crippen LogP contribution in [0.25, 0.3) is 0 Å². The number of nitrogens with one attached hydrogen (secondary N) is 2. The molecule has 0 unspecified atom stereocenters. The SMILES string of the molecule is CCCS(=O)(=O)NCC(=O)Nc1ccc(Br)cc1C. The van der Waals surface area contributed by atoms with E-state index in [0.29, 0.717) is 12.1 Å². The number of carbonyl (C=O) groups excluding carboxylic acids is 1. The van der Waals surface area contributed by atoms with Gasteiger partial charge in [-0.05, 0) is 37.1 Å². The van der Waals surface area contributed by atoms with Crippen molar-refractivity contribution in [2.45, 2.75) is 20.3 Å². The van der Waals surface area contributed by atoms with E-state index in [0.717, 1.165) is 10.0 Å². The fourth-order valence-corrected chi connectivity index (χ4v) is 2.99. The average molecular weight is 349 g/mol. The lowest BCUT2D eigenvalue weighted by Gasteiger charge is -2.09. The van der Waals surface area contributed by atoms with Gasteiger partial charge in [-0.15, -0.1) is 0 Å². The first-order valence-corrected chi connectivity index (χ1v) is 8.32. The number of hydrogen-bond donors (Lipinski definition) is 2. The van der Waals surface area contributed by atoms with Crippen LogP contribution in [0.4, 0.5) is 5.69 Å². The summed E-state index contributed by atoms with van der Waals surface area (Å²) in [5.74, 6) is -0.359. The molecular weight excluding hydrogens is 332 g/mol. The molecule has 0 spiro atoms. The van der Waals surface area contributed by atoms with Crippen LogP contribution in [0.15, 0.2) is 22.7 Å². The lowest BCUT2D eigenvalue weighted by molar-refractivity contribution is -0.115. The standard InChI is InChI=1S/C12H17BrN2O3S/c1-3-6-19(17,18)14-8-12(16)15-11-5-4-10(13)7-9(11)2/h4-5,7,14H,3,6,8H2,1-2H3,(H,15,16). The number of sulfonamides is 1. The second kappa shape index (κ2) is 7.02. The maximum Gasteiger partial charge on any atom is 0.239 e. The van der Waals surface area contributed by atoms with Gasteiger partial charge in [0.1, 0.15) is 0 Å². The van der Waals surface area contributed by atoms with Gasteiger partial charge >= 0.3 is 0 Å². The van der Waals surface area contributed by atoms with Crippen molar-refractivity contribution < 1.29 is 13.2 Å². The van der Waals surface area contributed by atoms with E-state index in [1.807, 2.05) is 19.1 Å². The first kappa shape index (κ1) is 16.1. The summed E-state index contributed by atoms with van der Waals surface area (Å²) in [7, 11) is -3.35. The molecular formula is C12H17BrN2O3S. The van der Waals surface area contributed by atoms with E-state index in [4.69, 9.17) is 0 Å². The summed E-state index contributed by atoms with van der Waals surface area (Å²) in [6, 6.07) is 5.44. The van der Waals surface area contributed by atoms with Crippen LogP contribution in [-0.2, 0) is 14.8 Å². The average Bonchev–Trinajstić information content (AvgIpc) is 2.30. The second-order valence-corrected chi connectivity index (χ2v) is 6.99. The molecule has 0 aliphatic rings. The minimum Gasteiger partial charge on any atom is -0.325 e. The van der Waals surface area contributed by atoms with E-state index in [-0.39, 0.29) is 18.2 Å². The number of halogens is 1. The Morgan fingerprint density at radius 1 is 1.37 bits per heavy atom. The smallest absolute Gasteiger partial charge is 0.239 e. The Labute approximate surface area is 122 Å². The van der Waals surface area contributed by atoms with Crippen molar-refractivity contribution in [3.8, 4) is 0 Å². The fourth-order valence-electron chi connectivity index (χ4n) is 1.48. The Balaban J connectivity index is 2.56. The van der Waals surface area contributed by atoms with Gasteiger partial charge in [0, 0.05) is 10.2 Å². The van der Waals surface area contributed by atoms with Gasteiger partial charge in [-0.3, -0.25) is 4.79 Å². The van der Waals surface area contributed by atoms with Crippen molar-refractivity contribution >= 4 is 37.5 Å². The molecule has 1 aromatic rings. The Morgan fingerprint density at radius 2 is 2.05 bits per heavy atom. The number of carbonyl (C=O) groups is 1. The molecule has 2 N–H and O–H groups in total. The lowest BCUT2D eigenvalue weighted by atomic mass is 10.2. The Morgan fingerprint density at radius 3 is 2.63 bits per heavy atom. The monoisotopic (exact) mass is 348 g/mol. The maximum absolute atomic E-state index is 11.7. The van der Waals surface area contributed by atoms with Gasteiger partial charge in [0.05, 0.1) is 12.3 Å². The molecule has 1 amide bonds. The molecule has 0 bridgehead atoms. The number of amides is 1. The van der Waals surface area contributed by atoms with Crippen LogP contribution in [0.3, 0.4) is 0 Å². The summed E-state index contributed by atoms with van der Waals surface area (Å²) in [5, 5.41) is 2.67. The zero-order valence-electron chi connectivity index (χ0n) is 10.9. The number of aryl methyl sites for hydroxylation is 1. The fraction of sp³-hybridized carbons (Fsp3) is 0.417. The zero-order valence-corrected chi connectivity index (χ0v) is 13.3. The summed E-state index contributed by atoms with van der Waals surface area (Å²) in [6.07, 6.45) is 0.517. The van der Waals surface area contributed by atoms with Crippen LogP contribution in [0, 0.1) is 6.92 Å². The van der Waals surface area contributed by atoms with E-state index in [1.54, 1.807) is 13.0 Å². The van der Waals surface area contributed by atoms with Crippen LogP contribution in [-0.4, -0.2) is 26.6 Å². The molecule has 106 valence electrons. The molecule has 0 saturated carbocycles. The highest BCUT2D eigenvalue weighted by molar-refractivity contribution is 9.10. The summed E-state index contributed by atoms with van der Waals surface area (Å²) in [4.78, 5) is 11.7. The van der Waals surface area contributed by atoms with Crippen molar-refractivity contribution in [2.75, 3.05) is 17.6 Å². The molecule has 1 aromatic carbocycles. The van der Waals surface area contributed by atoms with E-state index in [9.17, 15) is 13.2 Å². The third-order valence-corrected chi connectivity index (χ3v) is 4.41. The van der Waals surface area contributed by atoms with E-state index in [2.05, 4.69) is 26.0 Å². The van der Waals surface area contributed by atoms with Crippen molar-refractivity contribution in [3.05, 3.63) is 28.2 Å². The number of benzene rings is 1. The molecule has 0 saturated heterocycles. The van der Waals surface area contributed by atoms with Gasteiger partial charge in [-0.2, -0.15) is 0 Å². The molecule has 19 heavy (non-hydrogen) atoms. The second-order valence-electron chi connectivity index (χ2n) is 4.15. The molecule has 0 radical (unpaired) electrons. The topological polar surface area (TPSA) is 75.3 Å². The van der Waals surface area contributed by atoms with Crippen LogP contribution in [0.5, 0.6) is 0 Å². The molecule has 0 aromatic heterocycles. The number of anilines is 1. The molecule has 0 aliphatic carbocycles. The van der Waals surface area contributed by atoms with Crippen LogP contribution < -0.4 is 10.0 Å². The molecule has 5 nitrogen and oxygen atoms in total. The number of hydrogen-bond acceptors (Lipinski definition) is 3. The third kappa shape index (κ3) is 5.71. The Kier molecular flexibility index (Phi) is 5.96. The molecule has 0 aliphatic heterocycles. The van der Waals surface area contributed by atoms with Crippen molar-refractivity contribution in [2.24, 2.45) is 0 Å². The molecule has 0 atom stereocenters. The quantitative estimate of drug-likeness (QED) is 0.825. The summed E-state index contributed by atoms with van der Waals surface area (Å²) >= 11 is 3.33.